The zero-order valence-corrected chi connectivity index (χ0v) is 12.0. The Bertz CT molecular complexity index is 314. The predicted octanol–water partition coefficient (Wildman–Crippen LogP) is 2.71. The van der Waals surface area contributed by atoms with Gasteiger partial charge in [-0.05, 0) is 22.0 Å². The predicted molar refractivity (Wildman–Crippen MR) is 70.2 cm³/mol. The highest BCUT2D eigenvalue weighted by molar-refractivity contribution is 9.10. The van der Waals surface area contributed by atoms with Crippen molar-refractivity contribution in [1.82, 2.24) is 4.98 Å². The Morgan fingerprint density at radius 3 is 2.47 bits per heavy atom. The first-order chi connectivity index (χ1) is 8.03. The molecule has 0 bridgehead atoms. The first-order valence-electron chi connectivity index (χ1n) is 5.06. The largest absolute Gasteiger partial charge is 0.477 e. The van der Waals surface area contributed by atoms with Crippen LogP contribution in [0.25, 0.3) is 0 Å². The molecule has 0 aliphatic rings. The van der Waals surface area contributed by atoms with Crippen LogP contribution in [0.4, 0.5) is 0 Å². The number of rotatable bonds is 5. The van der Waals surface area contributed by atoms with Crippen molar-refractivity contribution in [1.29, 1.82) is 0 Å². The summed E-state index contributed by atoms with van der Waals surface area (Å²) in [7, 11) is 1.69. The molecule has 4 nitrogen and oxygen atoms in total. The van der Waals surface area contributed by atoms with Gasteiger partial charge in [0.25, 0.3) is 0 Å². The zero-order chi connectivity index (χ0) is 13.3. The molecular weight excluding hydrogens is 286 g/mol. The van der Waals surface area contributed by atoms with Gasteiger partial charge in [-0.15, -0.1) is 0 Å². The van der Waals surface area contributed by atoms with E-state index in [1.54, 1.807) is 13.3 Å². The molecule has 0 fully saturated rings. The molecule has 0 N–H and O–H groups in total. The lowest BCUT2D eigenvalue weighted by Crippen LogP contribution is -2.26. The number of aromatic nitrogens is 1. The number of nitrogens with zero attached hydrogens (tertiary/aromatic N) is 1. The van der Waals surface area contributed by atoms with Gasteiger partial charge in [-0.25, -0.2) is 4.98 Å². The Kier molecular flexibility index (Phi) is 7.74. The molecule has 96 valence electrons. The maximum Gasteiger partial charge on any atom is 0.213 e. The van der Waals surface area contributed by atoms with E-state index in [0.717, 1.165) is 4.47 Å². The standard InChI is InChI=1S/C11H16BrNO2.CH2O/c1-11(2,7-14-3)8-15-10-5-4-9(12)6-13-10;1-2/h4-6H,7-8H2,1-3H3;1H2. The molecule has 0 aromatic carbocycles. The van der Waals surface area contributed by atoms with Gasteiger partial charge in [0.2, 0.25) is 5.88 Å². The van der Waals surface area contributed by atoms with Crippen molar-refractivity contribution in [2.24, 2.45) is 5.41 Å². The van der Waals surface area contributed by atoms with Gasteiger partial charge in [-0.2, -0.15) is 0 Å². The van der Waals surface area contributed by atoms with Gasteiger partial charge < -0.3 is 14.3 Å². The number of ether oxygens (including phenoxy) is 2. The Balaban J connectivity index is 0.00000121. The molecule has 5 heteroatoms. The molecule has 17 heavy (non-hydrogen) atoms. The van der Waals surface area contributed by atoms with Crippen molar-refractivity contribution in [3.63, 3.8) is 0 Å². The number of methoxy groups -OCH3 is 1. The van der Waals surface area contributed by atoms with E-state index in [1.165, 1.54) is 0 Å². The van der Waals surface area contributed by atoms with Gasteiger partial charge in [0.05, 0.1) is 13.2 Å². The molecule has 0 spiro atoms. The van der Waals surface area contributed by atoms with Crippen LogP contribution in [0.3, 0.4) is 0 Å². The van der Waals surface area contributed by atoms with Crippen LogP contribution in [-0.4, -0.2) is 32.1 Å². The molecule has 0 atom stereocenters. The van der Waals surface area contributed by atoms with E-state index in [2.05, 4.69) is 34.8 Å². The third-order valence-corrected chi connectivity index (χ3v) is 2.32. The summed E-state index contributed by atoms with van der Waals surface area (Å²) in [6.45, 7) is 7.45. The minimum Gasteiger partial charge on any atom is -0.477 e. The fourth-order valence-corrected chi connectivity index (χ4v) is 1.38. The van der Waals surface area contributed by atoms with Crippen molar-refractivity contribution in [3.8, 4) is 5.88 Å². The van der Waals surface area contributed by atoms with Crippen LogP contribution in [0.1, 0.15) is 13.8 Å². The molecule has 0 radical (unpaired) electrons. The maximum absolute atomic E-state index is 8.00. The fraction of sp³-hybridized carbons (Fsp3) is 0.500. The summed E-state index contributed by atoms with van der Waals surface area (Å²) in [5.74, 6) is 0.641. The smallest absolute Gasteiger partial charge is 0.213 e. The lowest BCUT2D eigenvalue weighted by molar-refractivity contribution is -0.0979. The van der Waals surface area contributed by atoms with Crippen LogP contribution in [0.15, 0.2) is 22.8 Å². The Morgan fingerprint density at radius 1 is 1.35 bits per heavy atom. The van der Waals surface area contributed by atoms with Crippen molar-refractivity contribution in [2.75, 3.05) is 20.3 Å². The van der Waals surface area contributed by atoms with E-state index in [9.17, 15) is 0 Å². The minimum atomic E-state index is 0.00348. The van der Waals surface area contributed by atoms with E-state index >= 15 is 0 Å². The zero-order valence-electron chi connectivity index (χ0n) is 10.4. The Labute approximate surface area is 110 Å². The van der Waals surface area contributed by atoms with E-state index in [-0.39, 0.29) is 5.41 Å². The van der Waals surface area contributed by atoms with Crippen molar-refractivity contribution in [3.05, 3.63) is 22.8 Å². The summed E-state index contributed by atoms with van der Waals surface area (Å²) >= 11 is 3.32. The lowest BCUT2D eigenvalue weighted by atomic mass is 9.96. The van der Waals surface area contributed by atoms with Crippen LogP contribution in [0.2, 0.25) is 0 Å². The monoisotopic (exact) mass is 303 g/mol. The summed E-state index contributed by atoms with van der Waals surface area (Å²) in [6, 6.07) is 3.75. The normalized spacial score (nSPS) is 10.4. The number of hydrogen-bond donors (Lipinski definition) is 0. The average Bonchev–Trinajstić information content (AvgIpc) is 2.31. The lowest BCUT2D eigenvalue weighted by Gasteiger charge is -2.23. The summed E-state index contributed by atoms with van der Waals surface area (Å²) in [4.78, 5) is 12.1. The molecule has 0 saturated carbocycles. The Morgan fingerprint density at radius 2 is 2.00 bits per heavy atom. The molecule has 1 rings (SSSR count). The molecule has 0 saturated heterocycles. The second kappa shape index (κ2) is 8.20. The second-order valence-corrected chi connectivity index (χ2v) is 5.12. The quantitative estimate of drug-likeness (QED) is 0.839. The third kappa shape index (κ3) is 7.07. The fourth-order valence-electron chi connectivity index (χ4n) is 1.15. The second-order valence-electron chi connectivity index (χ2n) is 4.20. The molecule has 1 heterocycles. The van der Waals surface area contributed by atoms with Gasteiger partial charge in [-0.1, -0.05) is 13.8 Å². The topological polar surface area (TPSA) is 48.4 Å². The minimum absolute atomic E-state index is 0.00348. The van der Waals surface area contributed by atoms with Crippen LogP contribution in [0, 0.1) is 5.41 Å². The number of carbonyl (C=O) groups excluding carboxylic acids is 1. The van der Waals surface area contributed by atoms with E-state index in [4.69, 9.17) is 14.3 Å². The maximum atomic E-state index is 8.00. The first kappa shape index (κ1) is 16.1. The van der Waals surface area contributed by atoms with Gasteiger partial charge in [0.1, 0.15) is 6.79 Å². The van der Waals surface area contributed by atoms with Crippen LogP contribution < -0.4 is 4.74 Å². The Hall–Kier alpha value is -0.940. The molecule has 0 unspecified atom stereocenters. The third-order valence-electron chi connectivity index (χ3n) is 1.85. The van der Waals surface area contributed by atoms with Gasteiger partial charge in [0, 0.05) is 29.3 Å². The number of hydrogen-bond acceptors (Lipinski definition) is 4. The number of halogens is 1. The van der Waals surface area contributed by atoms with Gasteiger partial charge in [-0.3, -0.25) is 0 Å². The highest BCUT2D eigenvalue weighted by Crippen LogP contribution is 2.18. The molecule has 0 aliphatic carbocycles. The molecule has 1 aromatic heterocycles. The van der Waals surface area contributed by atoms with Gasteiger partial charge >= 0.3 is 0 Å². The number of pyridine rings is 1. The molecule has 0 amide bonds. The van der Waals surface area contributed by atoms with E-state index in [0.29, 0.717) is 19.1 Å². The summed E-state index contributed by atoms with van der Waals surface area (Å²) in [5, 5.41) is 0. The summed E-state index contributed by atoms with van der Waals surface area (Å²) in [6.07, 6.45) is 1.72. The molecule has 0 aliphatic heterocycles. The molecular formula is C12H18BrNO3. The number of carbonyl (C=O) groups is 1. The molecule has 1 aromatic rings. The SMILES string of the molecule is C=O.COCC(C)(C)COc1ccc(Br)cn1. The van der Waals surface area contributed by atoms with Crippen molar-refractivity contribution in [2.45, 2.75) is 13.8 Å². The van der Waals surface area contributed by atoms with E-state index in [1.807, 2.05) is 18.9 Å². The first-order valence-corrected chi connectivity index (χ1v) is 5.85. The van der Waals surface area contributed by atoms with Crippen LogP contribution in [-0.2, 0) is 9.53 Å². The van der Waals surface area contributed by atoms with Crippen molar-refractivity contribution < 1.29 is 14.3 Å². The van der Waals surface area contributed by atoms with Crippen LogP contribution in [0.5, 0.6) is 5.88 Å². The van der Waals surface area contributed by atoms with Crippen molar-refractivity contribution >= 4 is 22.7 Å². The highest BCUT2D eigenvalue weighted by atomic mass is 79.9. The van der Waals surface area contributed by atoms with Gasteiger partial charge in [0.15, 0.2) is 0 Å². The summed E-state index contributed by atoms with van der Waals surface area (Å²) < 4.78 is 11.6. The summed E-state index contributed by atoms with van der Waals surface area (Å²) in [5.41, 5.74) is 0.00348. The van der Waals surface area contributed by atoms with E-state index < -0.39 is 0 Å². The highest BCUT2D eigenvalue weighted by Gasteiger charge is 2.18. The average molecular weight is 304 g/mol. The van der Waals surface area contributed by atoms with Crippen LogP contribution >= 0.6 is 15.9 Å².